The maximum Gasteiger partial charge on any atom is 0.238 e. The predicted octanol–water partition coefficient (Wildman–Crippen LogP) is 3.88. The zero-order chi connectivity index (χ0) is 15.2. The molecule has 0 heterocycles. The first-order valence-electron chi connectivity index (χ1n) is 6.59. The smallest absolute Gasteiger partial charge is 0.238 e. The minimum Gasteiger partial charge on any atom is -0.325 e. The number of anilines is 1. The summed E-state index contributed by atoms with van der Waals surface area (Å²) in [6.07, 6.45) is 0. The van der Waals surface area contributed by atoms with Gasteiger partial charge in [-0.3, -0.25) is 4.79 Å². The van der Waals surface area contributed by atoms with Gasteiger partial charge in [0.1, 0.15) is 5.82 Å². The Labute approximate surface area is 131 Å². The molecule has 1 unspecified atom stereocenters. The third-order valence-corrected chi connectivity index (χ3v) is 3.57. The second-order valence-corrected chi connectivity index (χ2v) is 5.63. The fourth-order valence-electron chi connectivity index (χ4n) is 1.88. The summed E-state index contributed by atoms with van der Waals surface area (Å²) < 4.78 is 14.1. The van der Waals surface area contributed by atoms with Gasteiger partial charge in [-0.05, 0) is 48.9 Å². The van der Waals surface area contributed by atoms with E-state index >= 15 is 0 Å². The minimum absolute atomic E-state index is 0.101. The average Bonchev–Trinajstić information content (AvgIpc) is 2.47. The summed E-state index contributed by atoms with van der Waals surface area (Å²) in [5, 5.41) is 5.86. The topological polar surface area (TPSA) is 41.1 Å². The molecule has 1 atom stereocenters. The first-order chi connectivity index (χ1) is 10.0. The molecule has 0 saturated heterocycles. The van der Waals surface area contributed by atoms with E-state index in [1.165, 1.54) is 12.1 Å². The van der Waals surface area contributed by atoms with Crippen LogP contribution in [0.15, 0.2) is 53.0 Å². The van der Waals surface area contributed by atoms with Crippen LogP contribution >= 0.6 is 15.9 Å². The van der Waals surface area contributed by atoms with E-state index in [1.807, 2.05) is 37.3 Å². The summed E-state index contributed by atoms with van der Waals surface area (Å²) in [4.78, 5) is 11.8. The number of halogens is 2. The van der Waals surface area contributed by atoms with Gasteiger partial charge in [0.25, 0.3) is 0 Å². The van der Waals surface area contributed by atoms with E-state index in [-0.39, 0.29) is 24.3 Å². The molecule has 3 nitrogen and oxygen atoms in total. The van der Waals surface area contributed by atoms with Crippen molar-refractivity contribution in [2.24, 2.45) is 0 Å². The monoisotopic (exact) mass is 350 g/mol. The molecule has 0 aromatic heterocycles. The van der Waals surface area contributed by atoms with Crippen molar-refractivity contribution in [1.29, 1.82) is 0 Å². The predicted molar refractivity (Wildman–Crippen MR) is 85.6 cm³/mol. The lowest BCUT2D eigenvalue weighted by molar-refractivity contribution is -0.115. The summed E-state index contributed by atoms with van der Waals surface area (Å²) in [5.74, 6) is -0.416. The van der Waals surface area contributed by atoms with Crippen molar-refractivity contribution in [3.05, 3.63) is 64.4 Å². The molecule has 1 amide bonds. The van der Waals surface area contributed by atoms with E-state index in [0.717, 1.165) is 15.7 Å². The van der Waals surface area contributed by atoms with E-state index in [1.54, 1.807) is 6.07 Å². The molecule has 0 spiro atoms. The second kappa shape index (κ2) is 7.33. The van der Waals surface area contributed by atoms with Crippen LogP contribution < -0.4 is 10.6 Å². The summed E-state index contributed by atoms with van der Waals surface area (Å²) in [6, 6.07) is 13.6. The molecular weight excluding hydrogens is 335 g/mol. The van der Waals surface area contributed by atoms with Crippen LogP contribution in [0.1, 0.15) is 18.5 Å². The Morgan fingerprint density at radius 3 is 2.62 bits per heavy atom. The SMILES string of the molecule is CC(NCC(=O)Nc1ccc(Br)cc1)c1cccc(F)c1. The quantitative estimate of drug-likeness (QED) is 0.859. The Morgan fingerprint density at radius 1 is 1.24 bits per heavy atom. The highest BCUT2D eigenvalue weighted by atomic mass is 79.9. The highest BCUT2D eigenvalue weighted by Gasteiger charge is 2.08. The average molecular weight is 351 g/mol. The van der Waals surface area contributed by atoms with Crippen molar-refractivity contribution in [3.8, 4) is 0 Å². The number of carbonyl (C=O) groups is 1. The highest BCUT2D eigenvalue weighted by molar-refractivity contribution is 9.10. The number of nitrogens with one attached hydrogen (secondary N) is 2. The molecule has 0 bridgehead atoms. The van der Waals surface area contributed by atoms with Crippen molar-refractivity contribution < 1.29 is 9.18 Å². The summed E-state index contributed by atoms with van der Waals surface area (Å²) in [6.45, 7) is 2.05. The highest BCUT2D eigenvalue weighted by Crippen LogP contribution is 2.15. The van der Waals surface area contributed by atoms with Crippen molar-refractivity contribution in [2.45, 2.75) is 13.0 Å². The normalized spacial score (nSPS) is 12.0. The van der Waals surface area contributed by atoms with Gasteiger partial charge in [-0.2, -0.15) is 0 Å². The van der Waals surface area contributed by atoms with Gasteiger partial charge in [-0.15, -0.1) is 0 Å². The molecule has 0 aliphatic heterocycles. The van der Waals surface area contributed by atoms with Crippen LogP contribution in [0.25, 0.3) is 0 Å². The second-order valence-electron chi connectivity index (χ2n) is 4.71. The Bertz CT molecular complexity index is 616. The van der Waals surface area contributed by atoms with Gasteiger partial charge in [0, 0.05) is 16.2 Å². The lowest BCUT2D eigenvalue weighted by atomic mass is 10.1. The molecule has 2 rings (SSSR count). The lowest BCUT2D eigenvalue weighted by Crippen LogP contribution is -2.30. The van der Waals surface area contributed by atoms with E-state index in [9.17, 15) is 9.18 Å². The fourth-order valence-corrected chi connectivity index (χ4v) is 2.14. The van der Waals surface area contributed by atoms with E-state index in [0.29, 0.717) is 0 Å². The van der Waals surface area contributed by atoms with Crippen LogP contribution in [0, 0.1) is 5.82 Å². The van der Waals surface area contributed by atoms with Crippen LogP contribution in [0.2, 0.25) is 0 Å². The first kappa shape index (κ1) is 15.7. The summed E-state index contributed by atoms with van der Waals surface area (Å²) in [7, 11) is 0. The standard InChI is InChI=1S/C16H16BrFN2O/c1-11(12-3-2-4-14(18)9-12)19-10-16(21)20-15-7-5-13(17)6-8-15/h2-9,11,19H,10H2,1H3,(H,20,21). The van der Waals surface area contributed by atoms with Crippen LogP contribution in [0.3, 0.4) is 0 Å². The molecule has 2 N–H and O–H groups in total. The molecule has 0 aliphatic carbocycles. The van der Waals surface area contributed by atoms with Gasteiger partial charge in [0.2, 0.25) is 5.91 Å². The third-order valence-electron chi connectivity index (χ3n) is 3.05. The maximum absolute atomic E-state index is 13.1. The number of benzene rings is 2. The number of hydrogen-bond donors (Lipinski definition) is 2. The number of amides is 1. The Balaban J connectivity index is 1.84. The minimum atomic E-state index is -0.277. The van der Waals surface area contributed by atoms with Gasteiger partial charge in [0.15, 0.2) is 0 Å². The fraction of sp³-hybridized carbons (Fsp3) is 0.188. The van der Waals surface area contributed by atoms with E-state index in [2.05, 4.69) is 26.6 Å². The third kappa shape index (κ3) is 4.95. The molecule has 5 heteroatoms. The maximum atomic E-state index is 13.1. The van der Waals surface area contributed by atoms with Gasteiger partial charge in [0.05, 0.1) is 6.54 Å². The molecule has 0 saturated carbocycles. The van der Waals surface area contributed by atoms with E-state index in [4.69, 9.17) is 0 Å². The molecule has 21 heavy (non-hydrogen) atoms. The molecule has 2 aromatic carbocycles. The number of carbonyl (C=O) groups excluding carboxylic acids is 1. The first-order valence-corrected chi connectivity index (χ1v) is 7.38. The van der Waals surface area contributed by atoms with Crippen LogP contribution in [-0.4, -0.2) is 12.5 Å². The summed E-state index contributed by atoms with van der Waals surface area (Å²) >= 11 is 3.34. The summed E-state index contributed by atoms with van der Waals surface area (Å²) in [5.41, 5.74) is 1.55. The molecule has 0 radical (unpaired) electrons. The van der Waals surface area contributed by atoms with Gasteiger partial charge < -0.3 is 10.6 Å². The van der Waals surface area contributed by atoms with Gasteiger partial charge >= 0.3 is 0 Å². The zero-order valence-electron chi connectivity index (χ0n) is 11.6. The Kier molecular flexibility index (Phi) is 5.47. The molecular formula is C16H16BrFN2O. The van der Waals surface area contributed by atoms with Crippen molar-refractivity contribution >= 4 is 27.5 Å². The van der Waals surface area contributed by atoms with Crippen molar-refractivity contribution in [3.63, 3.8) is 0 Å². The number of hydrogen-bond acceptors (Lipinski definition) is 2. The van der Waals surface area contributed by atoms with Crippen molar-refractivity contribution in [1.82, 2.24) is 5.32 Å². The number of rotatable bonds is 5. The van der Waals surface area contributed by atoms with Crippen LogP contribution in [0.5, 0.6) is 0 Å². The largest absolute Gasteiger partial charge is 0.325 e. The Hall–Kier alpha value is -1.72. The molecule has 2 aromatic rings. The Morgan fingerprint density at radius 2 is 1.95 bits per heavy atom. The van der Waals surface area contributed by atoms with Crippen LogP contribution in [0.4, 0.5) is 10.1 Å². The molecule has 110 valence electrons. The van der Waals surface area contributed by atoms with E-state index < -0.39 is 0 Å². The van der Waals surface area contributed by atoms with Gasteiger partial charge in [-0.1, -0.05) is 28.1 Å². The molecule has 0 aliphatic rings. The molecule has 0 fully saturated rings. The lowest BCUT2D eigenvalue weighted by Gasteiger charge is -2.14. The van der Waals surface area contributed by atoms with Gasteiger partial charge in [-0.25, -0.2) is 4.39 Å². The van der Waals surface area contributed by atoms with Crippen LogP contribution in [-0.2, 0) is 4.79 Å². The zero-order valence-corrected chi connectivity index (χ0v) is 13.2. The van der Waals surface area contributed by atoms with Crippen molar-refractivity contribution in [2.75, 3.05) is 11.9 Å².